The molecule has 1 aromatic heterocycles. The van der Waals surface area contributed by atoms with Crippen molar-refractivity contribution in [1.82, 2.24) is 4.98 Å². The summed E-state index contributed by atoms with van der Waals surface area (Å²) < 4.78 is 36.0. The third-order valence-electron chi connectivity index (χ3n) is 3.49. The van der Waals surface area contributed by atoms with Crippen LogP contribution in [0.1, 0.15) is 5.69 Å². The van der Waals surface area contributed by atoms with E-state index in [9.17, 15) is 8.42 Å². The molecule has 3 aromatic rings. The van der Waals surface area contributed by atoms with E-state index in [4.69, 9.17) is 32.1 Å². The van der Waals surface area contributed by atoms with Crippen molar-refractivity contribution in [2.75, 3.05) is 7.11 Å². The minimum atomic E-state index is -4.20. The van der Waals surface area contributed by atoms with Crippen LogP contribution >= 0.6 is 23.2 Å². The van der Waals surface area contributed by atoms with Gasteiger partial charge < -0.3 is 8.92 Å². The van der Waals surface area contributed by atoms with Gasteiger partial charge in [-0.25, -0.2) is 0 Å². The Hall–Kier alpha value is -2.02. The van der Waals surface area contributed by atoms with Gasteiger partial charge in [-0.05, 0) is 31.2 Å². The molecule has 130 valence electrons. The van der Waals surface area contributed by atoms with E-state index in [1.165, 1.54) is 19.2 Å². The number of benzene rings is 2. The van der Waals surface area contributed by atoms with Gasteiger partial charge in [-0.15, -0.1) is 0 Å². The number of para-hydroxylation sites is 1. The highest BCUT2D eigenvalue weighted by atomic mass is 35.5. The van der Waals surface area contributed by atoms with Crippen molar-refractivity contribution in [1.29, 1.82) is 0 Å². The van der Waals surface area contributed by atoms with Crippen molar-refractivity contribution in [3.8, 4) is 11.5 Å². The number of pyridine rings is 1. The average molecular weight is 398 g/mol. The number of aryl methyl sites for hydroxylation is 1. The minimum absolute atomic E-state index is 0.00427. The largest absolute Gasteiger partial charge is 0.494 e. The second kappa shape index (κ2) is 6.71. The van der Waals surface area contributed by atoms with Gasteiger partial charge in [-0.2, -0.15) is 8.42 Å². The molecule has 25 heavy (non-hydrogen) atoms. The molecule has 0 amide bonds. The molecule has 8 heteroatoms. The Labute approximate surface area is 155 Å². The van der Waals surface area contributed by atoms with Crippen LogP contribution in [0.15, 0.2) is 47.4 Å². The summed E-state index contributed by atoms with van der Waals surface area (Å²) in [6.07, 6.45) is 0. The van der Waals surface area contributed by atoms with Crippen LogP contribution < -0.4 is 8.92 Å². The summed E-state index contributed by atoms with van der Waals surface area (Å²) in [5.74, 6) is 0.112. The molecular weight excluding hydrogens is 385 g/mol. The molecular formula is C17H13Cl2NO4S. The van der Waals surface area contributed by atoms with Gasteiger partial charge in [0.25, 0.3) is 0 Å². The lowest BCUT2D eigenvalue weighted by molar-refractivity contribution is 0.398. The van der Waals surface area contributed by atoms with E-state index in [-0.39, 0.29) is 26.4 Å². The Bertz CT molecular complexity index is 1070. The van der Waals surface area contributed by atoms with E-state index in [0.29, 0.717) is 16.6 Å². The first kappa shape index (κ1) is 17.8. The zero-order valence-electron chi connectivity index (χ0n) is 13.3. The van der Waals surface area contributed by atoms with Gasteiger partial charge in [0.05, 0.1) is 17.6 Å². The Morgan fingerprint density at radius 1 is 1.08 bits per heavy atom. The van der Waals surface area contributed by atoms with Crippen LogP contribution in [-0.2, 0) is 10.1 Å². The third-order valence-corrected chi connectivity index (χ3v) is 5.54. The molecule has 0 aliphatic heterocycles. The van der Waals surface area contributed by atoms with Crippen LogP contribution in [0, 0.1) is 6.92 Å². The summed E-state index contributed by atoms with van der Waals surface area (Å²) in [4.78, 5) is 4.15. The molecule has 0 atom stereocenters. The number of ether oxygens (including phenoxy) is 1. The molecule has 0 aliphatic rings. The first-order chi connectivity index (χ1) is 11.8. The average Bonchev–Trinajstić information content (AvgIpc) is 2.56. The maximum atomic E-state index is 12.8. The summed E-state index contributed by atoms with van der Waals surface area (Å²) in [7, 11) is -2.89. The quantitative estimate of drug-likeness (QED) is 0.600. The number of fused-ring (bicyclic) bond motifs is 1. The summed E-state index contributed by atoms with van der Waals surface area (Å²) in [6.45, 7) is 1.76. The SMILES string of the molecule is COc1c(S(=O)(=O)Oc2cc(C)nc3ccccc23)ccc(Cl)c1Cl. The minimum Gasteiger partial charge on any atom is -0.494 e. The molecule has 0 radical (unpaired) electrons. The molecule has 0 aliphatic carbocycles. The Kier molecular flexibility index (Phi) is 4.77. The van der Waals surface area contributed by atoms with Gasteiger partial charge in [0.1, 0.15) is 9.92 Å². The summed E-state index contributed by atoms with van der Waals surface area (Å²) >= 11 is 12.0. The Morgan fingerprint density at radius 2 is 1.80 bits per heavy atom. The van der Waals surface area contributed by atoms with Gasteiger partial charge in [0.2, 0.25) is 0 Å². The molecule has 0 bridgehead atoms. The number of halogens is 2. The van der Waals surface area contributed by atoms with Crippen LogP contribution in [0.4, 0.5) is 0 Å². The van der Waals surface area contributed by atoms with E-state index in [1.54, 1.807) is 31.2 Å². The fourth-order valence-electron chi connectivity index (χ4n) is 2.40. The smallest absolute Gasteiger partial charge is 0.343 e. The lowest BCUT2D eigenvalue weighted by atomic mass is 10.2. The van der Waals surface area contributed by atoms with Crippen molar-refractivity contribution < 1.29 is 17.3 Å². The fraction of sp³-hybridized carbons (Fsp3) is 0.118. The van der Waals surface area contributed by atoms with Crippen LogP contribution in [0.3, 0.4) is 0 Å². The summed E-state index contributed by atoms with van der Waals surface area (Å²) in [5, 5.41) is 0.767. The van der Waals surface area contributed by atoms with Crippen molar-refractivity contribution in [2.24, 2.45) is 0 Å². The van der Waals surface area contributed by atoms with Gasteiger partial charge in [-0.3, -0.25) is 4.98 Å². The lowest BCUT2D eigenvalue weighted by Gasteiger charge is -2.14. The maximum Gasteiger partial charge on any atom is 0.343 e. The predicted octanol–water partition coefficient (Wildman–Crippen LogP) is 4.63. The zero-order valence-corrected chi connectivity index (χ0v) is 15.6. The fourth-order valence-corrected chi connectivity index (χ4v) is 3.96. The van der Waals surface area contributed by atoms with E-state index in [1.807, 2.05) is 6.07 Å². The Balaban J connectivity index is 2.14. The molecule has 1 heterocycles. The van der Waals surface area contributed by atoms with Gasteiger partial charge in [-0.1, -0.05) is 35.3 Å². The van der Waals surface area contributed by atoms with Crippen LogP contribution in [0.25, 0.3) is 10.9 Å². The molecule has 2 aromatic carbocycles. The van der Waals surface area contributed by atoms with Crippen molar-refractivity contribution in [3.63, 3.8) is 0 Å². The molecule has 3 rings (SSSR count). The van der Waals surface area contributed by atoms with Gasteiger partial charge in [0, 0.05) is 17.1 Å². The highest BCUT2D eigenvalue weighted by Crippen LogP contribution is 2.39. The van der Waals surface area contributed by atoms with Crippen molar-refractivity contribution in [2.45, 2.75) is 11.8 Å². The van der Waals surface area contributed by atoms with E-state index >= 15 is 0 Å². The summed E-state index contributed by atoms with van der Waals surface area (Å²) in [6, 6.07) is 11.3. The number of hydrogen-bond acceptors (Lipinski definition) is 5. The first-order valence-electron chi connectivity index (χ1n) is 7.16. The number of aromatic nitrogens is 1. The van der Waals surface area contributed by atoms with Gasteiger partial charge >= 0.3 is 10.1 Å². The monoisotopic (exact) mass is 397 g/mol. The zero-order chi connectivity index (χ0) is 18.2. The molecule has 0 saturated carbocycles. The third kappa shape index (κ3) is 3.38. The van der Waals surface area contributed by atoms with Crippen LogP contribution in [-0.4, -0.2) is 20.5 Å². The Morgan fingerprint density at radius 3 is 2.52 bits per heavy atom. The second-order valence-corrected chi connectivity index (χ2v) is 7.51. The standard InChI is InChI=1S/C17H13Cl2NO4S/c1-10-9-14(11-5-3-4-6-13(11)20-10)24-25(21,22)15-8-7-12(18)16(19)17(15)23-2/h3-9H,1-2H3. The van der Waals surface area contributed by atoms with E-state index in [2.05, 4.69) is 4.98 Å². The normalized spacial score (nSPS) is 11.5. The maximum absolute atomic E-state index is 12.8. The highest BCUT2D eigenvalue weighted by molar-refractivity contribution is 7.87. The van der Waals surface area contributed by atoms with Crippen LogP contribution in [0.5, 0.6) is 11.5 Å². The lowest BCUT2D eigenvalue weighted by Crippen LogP contribution is -2.12. The van der Waals surface area contributed by atoms with E-state index in [0.717, 1.165) is 0 Å². The van der Waals surface area contributed by atoms with Gasteiger partial charge in [0.15, 0.2) is 11.5 Å². The molecule has 0 N–H and O–H groups in total. The topological polar surface area (TPSA) is 65.5 Å². The molecule has 0 spiro atoms. The van der Waals surface area contributed by atoms with Crippen LogP contribution in [0.2, 0.25) is 10.0 Å². The molecule has 5 nitrogen and oxygen atoms in total. The summed E-state index contributed by atoms with van der Waals surface area (Å²) in [5.41, 5.74) is 1.26. The second-order valence-electron chi connectivity index (χ2n) is 5.21. The highest BCUT2D eigenvalue weighted by Gasteiger charge is 2.26. The van der Waals surface area contributed by atoms with Crippen molar-refractivity contribution >= 4 is 44.2 Å². The van der Waals surface area contributed by atoms with E-state index < -0.39 is 10.1 Å². The molecule has 0 fully saturated rings. The number of rotatable bonds is 4. The molecule has 0 unspecified atom stereocenters. The number of methoxy groups -OCH3 is 1. The van der Waals surface area contributed by atoms with Crippen molar-refractivity contribution in [3.05, 3.63) is 58.2 Å². The predicted molar refractivity (Wildman–Crippen MR) is 97.3 cm³/mol. The first-order valence-corrected chi connectivity index (χ1v) is 9.33. The number of nitrogens with zero attached hydrogens (tertiary/aromatic N) is 1. The number of hydrogen-bond donors (Lipinski definition) is 0. The molecule has 0 saturated heterocycles.